The minimum absolute atomic E-state index is 0.0271. The van der Waals surface area contributed by atoms with Crippen LogP contribution in [0.1, 0.15) is 99.0 Å². The number of phenols is 1. The predicted molar refractivity (Wildman–Crippen MR) is 226 cm³/mol. The van der Waals surface area contributed by atoms with Gasteiger partial charge in [-0.3, -0.25) is 43.3 Å². The fourth-order valence-corrected chi connectivity index (χ4v) is 8.27. The lowest BCUT2D eigenvalue weighted by Gasteiger charge is -2.38. The molecule has 2 saturated heterocycles. The first-order valence-corrected chi connectivity index (χ1v) is 21.5. The number of carbonyl (C=O) groups excluding carboxylic acids is 7. The molecule has 1 saturated carbocycles. The fraction of sp³-hybridized carbons (Fsp3) is 0.674. The van der Waals surface area contributed by atoms with Crippen LogP contribution in [0.4, 0.5) is 0 Å². The Morgan fingerprint density at radius 1 is 0.855 bits per heavy atom. The van der Waals surface area contributed by atoms with Crippen LogP contribution in [0.2, 0.25) is 0 Å². The number of aliphatic carboxylic acids is 1. The number of ketones is 1. The molecule has 2 aliphatic heterocycles. The Hall–Kier alpha value is -5.14. The average molecular weight is 871 g/mol. The molecule has 4 rings (SSSR count). The van der Waals surface area contributed by atoms with Crippen molar-refractivity contribution in [2.45, 2.75) is 154 Å². The Kier molecular flexibility index (Phi) is 16.6. The number of Topliss-reactive ketones (excluding diaryl/α,β-unsaturated/α-hetero) is 1. The van der Waals surface area contributed by atoms with Gasteiger partial charge >= 0.3 is 5.97 Å². The van der Waals surface area contributed by atoms with Crippen LogP contribution in [0.15, 0.2) is 24.3 Å². The largest absolute Gasteiger partial charge is 0.508 e. The highest BCUT2D eigenvalue weighted by molar-refractivity contribution is 6.01. The maximum Gasteiger partial charge on any atom is 0.305 e. The van der Waals surface area contributed by atoms with Gasteiger partial charge < -0.3 is 52.5 Å². The highest BCUT2D eigenvalue weighted by Crippen LogP contribution is 2.49. The number of aliphatic hydroxyl groups excluding tert-OH is 1. The third-order valence-corrected chi connectivity index (χ3v) is 11.7. The summed E-state index contributed by atoms with van der Waals surface area (Å²) in [6, 6.07) is -2.24. The number of benzene rings is 1. The van der Waals surface area contributed by atoms with Crippen LogP contribution in [0.25, 0.3) is 0 Å². The van der Waals surface area contributed by atoms with Crippen molar-refractivity contribution < 1.29 is 53.7 Å². The van der Waals surface area contributed by atoms with Crippen LogP contribution >= 0.6 is 0 Å². The number of aromatic hydroxyl groups is 1. The lowest BCUT2D eigenvalue weighted by atomic mass is 9.92. The van der Waals surface area contributed by atoms with Gasteiger partial charge in [-0.25, -0.2) is 0 Å². The van der Waals surface area contributed by atoms with Crippen molar-refractivity contribution in [2.24, 2.45) is 17.1 Å². The van der Waals surface area contributed by atoms with Crippen molar-refractivity contribution in [3.8, 4) is 5.75 Å². The number of carboxylic acids is 1. The standard InChI is InChI=1S/C43H66N8O11/c1-23(2)19-28(44)36(57)46-29(21-33(55)56)37(58)48-34(25(4)52)39(60)45-24(3)35(40(61)49-42(5,6)7)51-16-8-9-31(51)38(59)47-30(20-26-10-12-27(53)13-11-26)41(62)50-17-14-43(15-18-50)22-32(43)54/h10-13,23-25,28-31,34-35,52-53H,8-9,14-22,44H2,1-7H3,(H,45,60)(H,46,57)(H,47,59)(H,48,58)(H,49,61)(H,55,56)/t24-,25+,28-,29-,30-,31-,34-,35-/m0/s1. The van der Waals surface area contributed by atoms with E-state index in [4.69, 9.17) is 5.73 Å². The molecule has 1 spiro atoms. The highest BCUT2D eigenvalue weighted by atomic mass is 16.4. The quantitative estimate of drug-likeness (QED) is 0.0845. The Balaban J connectivity index is 1.55. The fourth-order valence-electron chi connectivity index (χ4n) is 8.27. The second-order valence-electron chi connectivity index (χ2n) is 18.6. The van der Waals surface area contributed by atoms with Crippen molar-refractivity contribution in [3.63, 3.8) is 0 Å². The van der Waals surface area contributed by atoms with E-state index in [2.05, 4.69) is 26.6 Å². The SMILES string of the molecule is CC(C)C[C@H](N)C(=O)N[C@@H](CC(=O)O)C(=O)N[C@H](C(=O)N[C@@H](C)[C@@H](C(=O)NC(C)(C)C)N1CCC[C@H]1C(=O)N[C@@H](Cc1ccc(O)cc1)C(=O)N1CCC2(CC1)CC2=O)[C@@H](C)O. The van der Waals surface area contributed by atoms with E-state index in [0.717, 1.165) is 0 Å². The van der Waals surface area contributed by atoms with E-state index in [-0.39, 0.29) is 48.2 Å². The van der Waals surface area contributed by atoms with E-state index in [1.165, 1.54) is 26.0 Å². The lowest BCUT2D eigenvalue weighted by Crippen LogP contribution is -2.65. The Bertz CT molecular complexity index is 1820. The first-order chi connectivity index (χ1) is 28.9. The van der Waals surface area contributed by atoms with E-state index in [0.29, 0.717) is 50.8 Å². The van der Waals surface area contributed by atoms with Crippen LogP contribution in [0.3, 0.4) is 0 Å². The number of carbonyl (C=O) groups is 8. The Morgan fingerprint density at radius 3 is 2.00 bits per heavy atom. The number of phenolic OH excluding ortho intramolecular Hbond substituents is 1. The van der Waals surface area contributed by atoms with Gasteiger partial charge in [-0.15, -0.1) is 0 Å². The number of hydrogen-bond donors (Lipinski definition) is 9. The van der Waals surface area contributed by atoms with Crippen molar-refractivity contribution in [3.05, 3.63) is 29.8 Å². The molecule has 6 amide bonds. The Morgan fingerprint density at radius 2 is 1.47 bits per heavy atom. The molecule has 0 aromatic heterocycles. The lowest BCUT2D eigenvalue weighted by molar-refractivity contribution is -0.141. The van der Waals surface area contributed by atoms with E-state index in [1.54, 1.807) is 42.7 Å². The summed E-state index contributed by atoms with van der Waals surface area (Å²) < 4.78 is 0. The molecule has 3 aliphatic rings. The smallest absolute Gasteiger partial charge is 0.305 e. The minimum atomic E-state index is -1.67. The zero-order valence-electron chi connectivity index (χ0n) is 36.9. The van der Waals surface area contributed by atoms with E-state index in [1.807, 2.05) is 13.8 Å². The number of carboxylic acid groups (broad SMARTS) is 1. The van der Waals surface area contributed by atoms with Crippen LogP contribution in [0, 0.1) is 11.3 Å². The third kappa shape index (κ3) is 13.4. The molecule has 19 nitrogen and oxygen atoms in total. The monoisotopic (exact) mass is 870 g/mol. The number of nitrogens with two attached hydrogens (primary N) is 1. The van der Waals surface area contributed by atoms with Crippen molar-refractivity contribution >= 4 is 47.2 Å². The first-order valence-electron chi connectivity index (χ1n) is 21.5. The minimum Gasteiger partial charge on any atom is -0.508 e. The molecule has 0 unspecified atom stereocenters. The predicted octanol–water partition coefficient (Wildman–Crippen LogP) is -0.548. The van der Waals surface area contributed by atoms with E-state index in [9.17, 15) is 53.7 Å². The molecule has 1 aliphatic carbocycles. The number of rotatable bonds is 19. The summed E-state index contributed by atoms with van der Waals surface area (Å²) in [5, 5.41) is 43.3. The summed E-state index contributed by atoms with van der Waals surface area (Å²) in [6.07, 6.45) is 0.402. The molecule has 1 aromatic carbocycles. The molecule has 62 heavy (non-hydrogen) atoms. The van der Waals surface area contributed by atoms with Crippen molar-refractivity contribution in [1.82, 2.24) is 36.4 Å². The molecule has 0 bridgehead atoms. The van der Waals surface area contributed by atoms with Crippen molar-refractivity contribution in [2.75, 3.05) is 19.6 Å². The second-order valence-corrected chi connectivity index (χ2v) is 18.6. The number of amides is 6. The molecule has 2 heterocycles. The number of nitrogens with zero attached hydrogens (tertiary/aromatic N) is 2. The average Bonchev–Trinajstić information content (AvgIpc) is 3.52. The second kappa shape index (κ2) is 20.8. The molecule has 8 atom stereocenters. The number of likely N-dealkylation sites (tertiary alicyclic amines) is 2. The van der Waals surface area contributed by atoms with Gasteiger partial charge in [0.2, 0.25) is 35.4 Å². The van der Waals surface area contributed by atoms with Crippen LogP contribution in [-0.2, 0) is 44.8 Å². The third-order valence-electron chi connectivity index (χ3n) is 11.7. The maximum atomic E-state index is 14.4. The van der Waals surface area contributed by atoms with Gasteiger partial charge in [0.05, 0.1) is 30.7 Å². The molecule has 0 radical (unpaired) electrons. The number of hydrogen-bond acceptors (Lipinski definition) is 12. The van der Waals surface area contributed by atoms with Crippen LogP contribution in [-0.4, -0.2) is 146 Å². The summed E-state index contributed by atoms with van der Waals surface area (Å²) in [5.74, 6) is -5.29. The van der Waals surface area contributed by atoms with Gasteiger partial charge in [-0.2, -0.15) is 0 Å². The normalized spacial score (nSPS) is 20.8. The molecular weight excluding hydrogens is 805 g/mol. The summed E-state index contributed by atoms with van der Waals surface area (Å²) >= 11 is 0. The van der Waals surface area contributed by atoms with E-state index >= 15 is 0 Å². The molecular formula is C43H66N8O11. The van der Waals surface area contributed by atoms with E-state index < -0.39 is 95.9 Å². The topological polar surface area (TPSA) is 290 Å². The first kappa shape index (κ1) is 49.5. The maximum absolute atomic E-state index is 14.4. The van der Waals surface area contributed by atoms with Crippen molar-refractivity contribution in [1.29, 1.82) is 0 Å². The van der Waals surface area contributed by atoms with Gasteiger partial charge in [-0.05, 0) is 96.9 Å². The molecule has 1 aromatic rings. The molecule has 3 fully saturated rings. The summed E-state index contributed by atoms with van der Waals surface area (Å²) in [6.45, 7) is 12.7. The highest BCUT2D eigenvalue weighted by Gasteiger charge is 2.55. The van der Waals surface area contributed by atoms with Crippen LogP contribution in [0.5, 0.6) is 5.75 Å². The summed E-state index contributed by atoms with van der Waals surface area (Å²) in [4.78, 5) is 110. The molecule has 344 valence electrons. The summed E-state index contributed by atoms with van der Waals surface area (Å²) in [7, 11) is 0. The molecule has 10 N–H and O–H groups in total. The van der Waals surface area contributed by atoms with Crippen LogP contribution < -0.4 is 32.3 Å². The van der Waals surface area contributed by atoms with Gasteiger partial charge in [-0.1, -0.05) is 26.0 Å². The molecule has 19 heteroatoms. The summed E-state index contributed by atoms with van der Waals surface area (Å²) in [5.41, 5.74) is 5.53. The van der Waals surface area contributed by atoms with Gasteiger partial charge in [0.1, 0.15) is 35.7 Å². The van der Waals surface area contributed by atoms with Gasteiger partial charge in [0.25, 0.3) is 0 Å². The number of aliphatic hydroxyl groups is 1. The van der Waals surface area contributed by atoms with Gasteiger partial charge in [0.15, 0.2) is 0 Å². The Labute approximate surface area is 362 Å². The van der Waals surface area contributed by atoms with Gasteiger partial charge in [0, 0.05) is 36.9 Å². The zero-order chi connectivity index (χ0) is 46.3. The zero-order valence-corrected chi connectivity index (χ0v) is 36.9. The number of piperidine rings is 1. The number of nitrogens with one attached hydrogen (secondary N) is 5.